The van der Waals surface area contributed by atoms with Gasteiger partial charge in [0.2, 0.25) is 5.91 Å². The van der Waals surface area contributed by atoms with Crippen LogP contribution in [-0.4, -0.2) is 87.3 Å². The number of carbonyl (C=O) groups is 3. The molecule has 2 aromatic carbocycles. The van der Waals surface area contributed by atoms with Crippen molar-refractivity contribution in [1.82, 2.24) is 10.2 Å². The Morgan fingerprint density at radius 2 is 1.79 bits per heavy atom. The normalized spacial score (nSPS) is 19.8. The first-order valence-electron chi connectivity index (χ1n) is 16.6. The third-order valence-electron chi connectivity index (χ3n) is 9.59. The molecular weight excluding hydrogens is 640 g/mol. The minimum absolute atomic E-state index is 0.0500. The number of likely N-dealkylation sites (tertiary alicyclic amines) is 1. The van der Waals surface area contributed by atoms with Gasteiger partial charge in [0, 0.05) is 43.0 Å². The van der Waals surface area contributed by atoms with Gasteiger partial charge in [-0.2, -0.15) is 0 Å². The van der Waals surface area contributed by atoms with Crippen LogP contribution in [0.5, 0.6) is 5.75 Å². The largest absolute Gasteiger partial charge is 0.497 e. The Balaban J connectivity index is 1.81. The number of amides is 3. The number of carbonyl (C=O) groups excluding carboxylic acids is 2. The van der Waals surface area contributed by atoms with Crippen LogP contribution in [-0.2, 0) is 20.4 Å². The van der Waals surface area contributed by atoms with Gasteiger partial charge in [0.25, 0.3) is 5.91 Å². The maximum absolute atomic E-state index is 14.5. The first kappa shape index (κ1) is 37.3. The summed E-state index contributed by atoms with van der Waals surface area (Å²) in [7, 11) is -1.19. The molecule has 2 aliphatic rings. The van der Waals surface area contributed by atoms with Crippen LogP contribution < -0.4 is 15.0 Å². The molecule has 2 heterocycles. The van der Waals surface area contributed by atoms with Crippen LogP contribution in [0.3, 0.4) is 0 Å². The maximum Gasteiger partial charge on any atom is 0.407 e. The number of nitrogens with zero attached hydrogens (tertiary/aromatic N) is 2. The second-order valence-electron chi connectivity index (χ2n) is 14.2. The summed E-state index contributed by atoms with van der Waals surface area (Å²) in [6, 6.07) is 6.37. The summed E-state index contributed by atoms with van der Waals surface area (Å²) in [6.07, 6.45) is -0.324. The van der Waals surface area contributed by atoms with Crippen molar-refractivity contribution in [2.75, 3.05) is 31.7 Å². The molecule has 0 aliphatic carbocycles. The van der Waals surface area contributed by atoms with E-state index >= 15 is 0 Å². The van der Waals surface area contributed by atoms with E-state index < -0.39 is 56.2 Å². The van der Waals surface area contributed by atoms with Crippen LogP contribution in [0.2, 0.25) is 18.1 Å². The number of nitrogens with one attached hydrogen (secondary N) is 1. The topological polar surface area (TPSA) is 118 Å². The standard InChI is InChI=1S/C35H49F2N3O7Si/c1-8-12-46-28-20-30(40(21-28)34(43)44)32(47-48(6,7)35(2,3)4)29(15-22-13-24(36)18-25(37)14-22)38-33(42)23-16-26(19-27(17-23)45-5)39-11-9-10-31(39)41/h13-14,16-19,28-30,32H,8-12,15,20-21H2,1-7H3,(H,38,42)(H,43,44)/t28?,29-,30?,32-/m0/s1. The summed E-state index contributed by atoms with van der Waals surface area (Å²) in [5, 5.41) is 13.1. The van der Waals surface area contributed by atoms with Crippen LogP contribution >= 0.6 is 0 Å². The van der Waals surface area contributed by atoms with Crippen molar-refractivity contribution in [3.05, 3.63) is 59.2 Å². The predicted octanol–water partition coefficient (Wildman–Crippen LogP) is 6.38. The maximum atomic E-state index is 14.5. The molecule has 3 amide bonds. The lowest BCUT2D eigenvalue weighted by atomic mass is 9.94. The van der Waals surface area contributed by atoms with Crippen LogP contribution in [0.25, 0.3) is 0 Å². The number of anilines is 1. The van der Waals surface area contributed by atoms with E-state index in [4.69, 9.17) is 13.9 Å². The highest BCUT2D eigenvalue weighted by molar-refractivity contribution is 6.74. The molecule has 10 nitrogen and oxygen atoms in total. The monoisotopic (exact) mass is 689 g/mol. The third-order valence-corrected chi connectivity index (χ3v) is 14.1. The van der Waals surface area contributed by atoms with E-state index in [1.54, 1.807) is 23.1 Å². The second-order valence-corrected chi connectivity index (χ2v) is 19.0. The van der Waals surface area contributed by atoms with E-state index in [1.165, 1.54) is 24.1 Å². The average Bonchev–Trinajstić information content (AvgIpc) is 3.63. The molecule has 48 heavy (non-hydrogen) atoms. The summed E-state index contributed by atoms with van der Waals surface area (Å²) < 4.78 is 47.5. The number of hydrogen-bond acceptors (Lipinski definition) is 6. The van der Waals surface area contributed by atoms with Gasteiger partial charge in [-0.05, 0) is 73.6 Å². The zero-order valence-electron chi connectivity index (χ0n) is 29.0. The van der Waals surface area contributed by atoms with Crippen molar-refractivity contribution in [3.8, 4) is 5.75 Å². The Hall–Kier alpha value is -3.55. The highest BCUT2D eigenvalue weighted by Gasteiger charge is 2.49. The van der Waals surface area contributed by atoms with Gasteiger partial charge in [-0.15, -0.1) is 0 Å². The molecule has 2 unspecified atom stereocenters. The van der Waals surface area contributed by atoms with Crippen molar-refractivity contribution in [1.29, 1.82) is 0 Å². The van der Waals surface area contributed by atoms with Gasteiger partial charge in [-0.3, -0.25) is 9.59 Å². The predicted molar refractivity (Wildman–Crippen MR) is 181 cm³/mol. The minimum Gasteiger partial charge on any atom is -0.497 e. The molecule has 2 fully saturated rings. The summed E-state index contributed by atoms with van der Waals surface area (Å²) in [4.78, 5) is 42.3. The zero-order valence-corrected chi connectivity index (χ0v) is 30.0. The molecule has 264 valence electrons. The SMILES string of the molecule is CCCOC1CC([C@@H](O[Si](C)(C)C(C)(C)C)[C@H](Cc2cc(F)cc(F)c2)NC(=O)c2cc(OC)cc(N3CCCC3=O)c2)N(C(=O)O)C1. The van der Waals surface area contributed by atoms with Gasteiger partial charge in [0.05, 0.1) is 37.9 Å². The van der Waals surface area contributed by atoms with Crippen molar-refractivity contribution < 1.29 is 42.2 Å². The van der Waals surface area contributed by atoms with Crippen molar-refractivity contribution >= 4 is 31.9 Å². The third kappa shape index (κ3) is 8.91. The summed E-state index contributed by atoms with van der Waals surface area (Å²) >= 11 is 0. The molecule has 0 saturated carbocycles. The van der Waals surface area contributed by atoms with E-state index in [0.29, 0.717) is 43.9 Å². The first-order valence-corrected chi connectivity index (χ1v) is 19.5. The second kappa shape index (κ2) is 15.3. The zero-order chi connectivity index (χ0) is 35.4. The molecule has 0 aromatic heterocycles. The molecule has 13 heteroatoms. The number of halogens is 2. The minimum atomic E-state index is -2.65. The van der Waals surface area contributed by atoms with E-state index in [-0.39, 0.29) is 35.0 Å². The number of rotatable bonds is 13. The van der Waals surface area contributed by atoms with Gasteiger partial charge >= 0.3 is 6.09 Å². The molecular formula is C35H49F2N3O7Si. The van der Waals surface area contributed by atoms with Gasteiger partial charge in [-0.25, -0.2) is 13.6 Å². The first-order chi connectivity index (χ1) is 22.5. The van der Waals surface area contributed by atoms with Crippen LogP contribution in [0.4, 0.5) is 19.3 Å². The number of carboxylic acid groups (broad SMARTS) is 1. The molecule has 2 aliphatic heterocycles. The molecule has 4 atom stereocenters. The molecule has 2 saturated heterocycles. The molecule has 4 rings (SSSR count). The van der Waals surface area contributed by atoms with Gasteiger partial charge < -0.3 is 34.1 Å². The number of methoxy groups -OCH3 is 1. The lowest BCUT2D eigenvalue weighted by molar-refractivity contribution is -0.117. The lowest BCUT2D eigenvalue weighted by Gasteiger charge is -2.44. The molecule has 0 radical (unpaired) electrons. The summed E-state index contributed by atoms with van der Waals surface area (Å²) in [5.41, 5.74) is 0.995. The lowest BCUT2D eigenvalue weighted by Crippen LogP contribution is -2.59. The summed E-state index contributed by atoms with van der Waals surface area (Å²) in [5.74, 6) is -1.76. The summed E-state index contributed by atoms with van der Waals surface area (Å²) in [6.45, 7) is 13.3. The van der Waals surface area contributed by atoms with Gasteiger partial charge in [0.15, 0.2) is 8.32 Å². The fourth-order valence-corrected chi connectivity index (χ4v) is 7.46. The molecule has 2 aromatic rings. The Morgan fingerprint density at radius 3 is 2.35 bits per heavy atom. The van der Waals surface area contributed by atoms with Gasteiger partial charge in [0.1, 0.15) is 17.4 Å². The quantitative estimate of drug-likeness (QED) is 0.235. The highest BCUT2D eigenvalue weighted by Crippen LogP contribution is 2.40. The van der Waals surface area contributed by atoms with Crippen LogP contribution in [0, 0.1) is 11.6 Å². The Labute approximate surface area is 282 Å². The fourth-order valence-electron chi connectivity index (χ4n) is 6.10. The van der Waals surface area contributed by atoms with Crippen LogP contribution in [0.1, 0.15) is 69.3 Å². The number of ether oxygens (including phenoxy) is 2. The Kier molecular flexibility index (Phi) is 11.9. The van der Waals surface area contributed by atoms with Crippen molar-refractivity contribution in [2.45, 2.75) is 102 Å². The molecule has 0 bridgehead atoms. The average molecular weight is 690 g/mol. The van der Waals surface area contributed by atoms with Crippen molar-refractivity contribution in [2.24, 2.45) is 0 Å². The Bertz CT molecular complexity index is 1460. The number of benzene rings is 2. The fraction of sp³-hybridized carbons (Fsp3) is 0.571. The van der Waals surface area contributed by atoms with Gasteiger partial charge in [-0.1, -0.05) is 27.7 Å². The molecule has 0 spiro atoms. The Morgan fingerprint density at radius 1 is 1.10 bits per heavy atom. The van der Waals surface area contributed by atoms with Crippen molar-refractivity contribution in [3.63, 3.8) is 0 Å². The van der Waals surface area contributed by atoms with E-state index in [2.05, 4.69) is 26.1 Å². The highest BCUT2D eigenvalue weighted by atomic mass is 28.4. The smallest absolute Gasteiger partial charge is 0.407 e. The van der Waals surface area contributed by atoms with E-state index in [1.807, 2.05) is 20.0 Å². The van der Waals surface area contributed by atoms with E-state index in [0.717, 1.165) is 12.5 Å². The molecule has 2 N–H and O–H groups in total. The van der Waals surface area contributed by atoms with E-state index in [9.17, 15) is 28.3 Å². The number of hydrogen-bond donors (Lipinski definition) is 2. The van der Waals surface area contributed by atoms with Crippen LogP contribution in [0.15, 0.2) is 36.4 Å².